The zero-order valence-electron chi connectivity index (χ0n) is 10.3. The standard InChI is InChI=1S/C8H15NO2.C3H5NO/c1-5-6-7(9(2)3)8(10)11-4;1-2-3(4)5/h6H,5H2,1-4H3;2H,1H2,(H2,4,5)/b7-6+;. The molecule has 0 unspecified atom stereocenters. The zero-order chi connectivity index (χ0) is 13.1. The van der Waals surface area contributed by atoms with Crippen molar-refractivity contribution in [1.29, 1.82) is 0 Å². The Kier molecular flexibility index (Phi) is 10.2. The molecular weight excluding hydrogens is 208 g/mol. The molecule has 0 heterocycles. The van der Waals surface area contributed by atoms with Crippen LogP contribution >= 0.6 is 0 Å². The molecule has 5 nitrogen and oxygen atoms in total. The lowest BCUT2D eigenvalue weighted by Gasteiger charge is -2.14. The molecule has 0 spiro atoms. The van der Waals surface area contributed by atoms with E-state index in [0.29, 0.717) is 5.70 Å². The van der Waals surface area contributed by atoms with Crippen molar-refractivity contribution >= 4 is 11.9 Å². The van der Waals surface area contributed by atoms with Crippen LogP contribution < -0.4 is 5.73 Å². The van der Waals surface area contributed by atoms with E-state index < -0.39 is 5.91 Å². The molecule has 0 rings (SSSR count). The molecule has 0 aliphatic rings. The van der Waals surface area contributed by atoms with E-state index in [1.54, 1.807) is 4.90 Å². The second-order valence-electron chi connectivity index (χ2n) is 2.99. The normalized spacial score (nSPS) is 9.62. The number of carbonyl (C=O) groups excluding carboxylic acids is 2. The van der Waals surface area contributed by atoms with Crippen molar-refractivity contribution in [3.63, 3.8) is 0 Å². The van der Waals surface area contributed by atoms with Crippen molar-refractivity contribution in [2.24, 2.45) is 5.73 Å². The third kappa shape index (κ3) is 8.80. The van der Waals surface area contributed by atoms with Gasteiger partial charge in [0.25, 0.3) is 0 Å². The van der Waals surface area contributed by atoms with Crippen molar-refractivity contribution in [1.82, 2.24) is 4.90 Å². The zero-order valence-corrected chi connectivity index (χ0v) is 10.3. The van der Waals surface area contributed by atoms with Crippen molar-refractivity contribution < 1.29 is 14.3 Å². The molecule has 0 aromatic carbocycles. The number of hydrogen-bond donors (Lipinski definition) is 1. The lowest BCUT2D eigenvalue weighted by molar-refractivity contribution is -0.137. The SMILES string of the molecule is C=CC(N)=O.CC/C=C(\C(=O)OC)N(C)C. The number of ether oxygens (including phenoxy) is 1. The number of nitrogens with zero attached hydrogens (tertiary/aromatic N) is 1. The molecule has 0 radical (unpaired) electrons. The number of allylic oxidation sites excluding steroid dienone is 1. The number of methoxy groups -OCH3 is 1. The molecule has 0 aromatic heterocycles. The first-order chi connectivity index (χ1) is 7.40. The van der Waals surface area contributed by atoms with Crippen molar-refractivity contribution in [2.45, 2.75) is 13.3 Å². The minimum Gasteiger partial charge on any atom is -0.464 e. The Morgan fingerprint density at radius 2 is 1.88 bits per heavy atom. The van der Waals surface area contributed by atoms with Crippen LogP contribution in [-0.2, 0) is 14.3 Å². The van der Waals surface area contributed by atoms with Crippen LogP contribution in [0.5, 0.6) is 0 Å². The maximum absolute atomic E-state index is 11.0. The summed E-state index contributed by atoms with van der Waals surface area (Å²) in [5, 5.41) is 0. The third-order valence-corrected chi connectivity index (χ3v) is 1.47. The molecule has 5 heteroatoms. The number of amides is 1. The molecule has 0 saturated heterocycles. The maximum Gasteiger partial charge on any atom is 0.353 e. The molecule has 0 aromatic rings. The topological polar surface area (TPSA) is 72.6 Å². The van der Waals surface area contributed by atoms with E-state index in [0.717, 1.165) is 12.5 Å². The highest BCUT2D eigenvalue weighted by molar-refractivity contribution is 5.87. The number of nitrogens with two attached hydrogens (primary N) is 1. The summed E-state index contributed by atoms with van der Waals surface area (Å²) < 4.78 is 4.58. The average Bonchev–Trinajstić information content (AvgIpc) is 2.25. The molecule has 2 N–H and O–H groups in total. The van der Waals surface area contributed by atoms with Gasteiger partial charge in [0.15, 0.2) is 0 Å². The summed E-state index contributed by atoms with van der Waals surface area (Å²) in [5.74, 6) is -0.762. The summed E-state index contributed by atoms with van der Waals surface area (Å²) >= 11 is 0. The lowest BCUT2D eigenvalue weighted by atomic mass is 10.3. The number of rotatable bonds is 4. The Hall–Kier alpha value is -1.78. The summed E-state index contributed by atoms with van der Waals surface area (Å²) in [6, 6.07) is 0. The number of hydrogen-bond acceptors (Lipinski definition) is 4. The maximum atomic E-state index is 11.0. The van der Waals surface area contributed by atoms with Crippen LogP contribution in [0.25, 0.3) is 0 Å². The van der Waals surface area contributed by atoms with Crippen molar-refractivity contribution in [2.75, 3.05) is 21.2 Å². The van der Waals surface area contributed by atoms with Gasteiger partial charge in [0, 0.05) is 14.1 Å². The van der Waals surface area contributed by atoms with E-state index in [4.69, 9.17) is 0 Å². The average molecular weight is 228 g/mol. The number of esters is 1. The fourth-order valence-electron chi connectivity index (χ4n) is 0.746. The van der Waals surface area contributed by atoms with Gasteiger partial charge in [0.05, 0.1) is 7.11 Å². The Morgan fingerprint density at radius 3 is 2.06 bits per heavy atom. The molecule has 1 amide bonds. The van der Waals surface area contributed by atoms with E-state index in [1.807, 2.05) is 27.1 Å². The number of likely N-dealkylation sites (N-methyl/N-ethyl adjacent to an activating group) is 1. The molecular formula is C11H20N2O3. The Labute approximate surface area is 96.6 Å². The fourth-order valence-corrected chi connectivity index (χ4v) is 0.746. The summed E-state index contributed by atoms with van der Waals surface area (Å²) in [4.78, 5) is 22.2. The van der Waals surface area contributed by atoms with E-state index in [9.17, 15) is 9.59 Å². The highest BCUT2D eigenvalue weighted by atomic mass is 16.5. The number of carbonyl (C=O) groups is 2. The van der Waals surface area contributed by atoms with Crippen LogP contribution in [0.15, 0.2) is 24.4 Å². The quantitative estimate of drug-likeness (QED) is 0.567. The molecule has 0 atom stereocenters. The minimum atomic E-state index is -0.481. The van der Waals surface area contributed by atoms with Gasteiger partial charge in [-0.25, -0.2) is 4.79 Å². The second-order valence-corrected chi connectivity index (χ2v) is 2.99. The fraction of sp³-hybridized carbons (Fsp3) is 0.455. The predicted molar refractivity (Wildman–Crippen MR) is 63.5 cm³/mol. The molecule has 0 aliphatic heterocycles. The Morgan fingerprint density at radius 1 is 1.44 bits per heavy atom. The second kappa shape index (κ2) is 9.76. The highest BCUT2D eigenvalue weighted by Crippen LogP contribution is 2.01. The molecule has 0 aliphatic carbocycles. The monoisotopic (exact) mass is 228 g/mol. The van der Waals surface area contributed by atoms with Gasteiger partial charge in [-0.15, -0.1) is 0 Å². The first kappa shape index (κ1) is 16.6. The summed E-state index contributed by atoms with van der Waals surface area (Å²) in [7, 11) is 5.02. The van der Waals surface area contributed by atoms with Gasteiger partial charge >= 0.3 is 5.97 Å². The first-order valence-electron chi connectivity index (χ1n) is 4.78. The van der Waals surface area contributed by atoms with Crippen LogP contribution in [0.1, 0.15) is 13.3 Å². The third-order valence-electron chi connectivity index (χ3n) is 1.47. The van der Waals surface area contributed by atoms with E-state index >= 15 is 0 Å². The summed E-state index contributed by atoms with van der Waals surface area (Å²) in [6.45, 7) is 5.06. The van der Waals surface area contributed by atoms with E-state index in [-0.39, 0.29) is 5.97 Å². The molecule has 0 fully saturated rings. The van der Waals surface area contributed by atoms with Crippen LogP contribution in [0.4, 0.5) is 0 Å². The van der Waals surface area contributed by atoms with Crippen molar-refractivity contribution in [3.8, 4) is 0 Å². The van der Waals surface area contributed by atoms with Gasteiger partial charge in [-0.05, 0) is 12.5 Å². The number of primary amides is 1. The van der Waals surface area contributed by atoms with Crippen molar-refractivity contribution in [3.05, 3.63) is 24.4 Å². The predicted octanol–water partition coefficient (Wildman–Crippen LogP) is 0.673. The minimum absolute atomic E-state index is 0.281. The summed E-state index contributed by atoms with van der Waals surface area (Å²) in [6.07, 6.45) is 3.73. The molecule has 92 valence electrons. The van der Waals surface area contributed by atoms with Gasteiger partial charge in [0.1, 0.15) is 5.70 Å². The lowest BCUT2D eigenvalue weighted by Crippen LogP contribution is -2.20. The molecule has 16 heavy (non-hydrogen) atoms. The van der Waals surface area contributed by atoms with Crippen LogP contribution in [0.2, 0.25) is 0 Å². The molecule has 0 bridgehead atoms. The van der Waals surface area contributed by atoms with Gasteiger partial charge < -0.3 is 15.4 Å². The van der Waals surface area contributed by atoms with Gasteiger partial charge in [0.2, 0.25) is 5.91 Å². The van der Waals surface area contributed by atoms with Crippen LogP contribution in [0.3, 0.4) is 0 Å². The van der Waals surface area contributed by atoms with Crippen LogP contribution in [0, 0.1) is 0 Å². The Balaban J connectivity index is 0. The first-order valence-corrected chi connectivity index (χ1v) is 4.78. The smallest absolute Gasteiger partial charge is 0.353 e. The summed E-state index contributed by atoms with van der Waals surface area (Å²) in [5.41, 5.74) is 5.14. The van der Waals surface area contributed by atoms with E-state index in [2.05, 4.69) is 17.0 Å². The largest absolute Gasteiger partial charge is 0.464 e. The van der Waals surface area contributed by atoms with Gasteiger partial charge in [-0.3, -0.25) is 4.79 Å². The van der Waals surface area contributed by atoms with Gasteiger partial charge in [-0.1, -0.05) is 19.6 Å². The van der Waals surface area contributed by atoms with E-state index in [1.165, 1.54) is 7.11 Å². The molecule has 0 saturated carbocycles. The van der Waals surface area contributed by atoms with Gasteiger partial charge in [-0.2, -0.15) is 0 Å². The Bertz CT molecular complexity index is 270. The highest BCUT2D eigenvalue weighted by Gasteiger charge is 2.09. The van der Waals surface area contributed by atoms with Crippen LogP contribution in [-0.4, -0.2) is 38.0 Å².